The van der Waals surface area contributed by atoms with Crippen molar-refractivity contribution in [3.05, 3.63) is 16.6 Å². The standard InChI is InChI=1S/C11H15N3O3S2/c1-11(2,9-12-3-4-19-9)13-10(17)14-6-18-5-7(14)8(15)16/h3-4,7H,5-6H2,1-2H3,(H,13,17)(H,15,16). The van der Waals surface area contributed by atoms with E-state index in [1.54, 1.807) is 6.20 Å². The monoisotopic (exact) mass is 301 g/mol. The van der Waals surface area contributed by atoms with Gasteiger partial charge < -0.3 is 15.3 Å². The molecule has 1 aromatic heterocycles. The maximum absolute atomic E-state index is 12.2. The number of aromatic nitrogens is 1. The molecule has 1 fully saturated rings. The minimum Gasteiger partial charge on any atom is -0.480 e. The van der Waals surface area contributed by atoms with E-state index in [0.717, 1.165) is 5.01 Å². The van der Waals surface area contributed by atoms with Crippen LogP contribution in [0.15, 0.2) is 11.6 Å². The normalized spacial score (nSPS) is 19.5. The molecule has 2 N–H and O–H groups in total. The van der Waals surface area contributed by atoms with Crippen molar-refractivity contribution in [1.82, 2.24) is 15.2 Å². The van der Waals surface area contributed by atoms with Crippen molar-refractivity contribution >= 4 is 35.1 Å². The fourth-order valence-electron chi connectivity index (χ4n) is 1.77. The number of hydrogen-bond donors (Lipinski definition) is 2. The van der Waals surface area contributed by atoms with E-state index < -0.39 is 17.6 Å². The van der Waals surface area contributed by atoms with Gasteiger partial charge in [-0.2, -0.15) is 0 Å². The highest BCUT2D eigenvalue weighted by Gasteiger charge is 2.37. The molecule has 1 saturated heterocycles. The number of carbonyl (C=O) groups is 2. The van der Waals surface area contributed by atoms with Crippen LogP contribution in [0.4, 0.5) is 4.79 Å². The number of hydrogen-bond acceptors (Lipinski definition) is 5. The van der Waals surface area contributed by atoms with Crippen LogP contribution in [0.1, 0.15) is 18.9 Å². The van der Waals surface area contributed by atoms with Crippen molar-refractivity contribution in [1.29, 1.82) is 0 Å². The van der Waals surface area contributed by atoms with Gasteiger partial charge in [-0.05, 0) is 13.8 Å². The molecule has 0 radical (unpaired) electrons. The first-order valence-electron chi connectivity index (χ1n) is 5.71. The largest absolute Gasteiger partial charge is 0.480 e. The zero-order chi connectivity index (χ0) is 14.0. The van der Waals surface area contributed by atoms with Crippen molar-refractivity contribution < 1.29 is 14.7 Å². The molecular formula is C11H15N3O3S2. The van der Waals surface area contributed by atoms with Gasteiger partial charge in [0.25, 0.3) is 0 Å². The molecule has 1 aromatic rings. The summed E-state index contributed by atoms with van der Waals surface area (Å²) in [5.74, 6) is -0.135. The summed E-state index contributed by atoms with van der Waals surface area (Å²) < 4.78 is 0. The van der Waals surface area contributed by atoms with Crippen LogP contribution in [-0.2, 0) is 10.3 Å². The first-order chi connectivity index (χ1) is 8.92. The van der Waals surface area contributed by atoms with Crippen molar-refractivity contribution in [2.45, 2.75) is 25.4 Å². The molecule has 0 aromatic carbocycles. The van der Waals surface area contributed by atoms with Gasteiger partial charge in [-0.1, -0.05) is 0 Å². The van der Waals surface area contributed by atoms with Crippen molar-refractivity contribution in [3.8, 4) is 0 Å². The van der Waals surface area contributed by atoms with Gasteiger partial charge in [0.2, 0.25) is 0 Å². The number of amides is 2. The number of carboxylic acid groups (broad SMARTS) is 1. The number of rotatable bonds is 3. The molecule has 8 heteroatoms. The van der Waals surface area contributed by atoms with Gasteiger partial charge in [0, 0.05) is 17.3 Å². The van der Waals surface area contributed by atoms with Gasteiger partial charge in [-0.3, -0.25) is 0 Å². The average Bonchev–Trinajstić information content (AvgIpc) is 3.00. The number of carbonyl (C=O) groups excluding carboxylic acids is 1. The Morgan fingerprint density at radius 1 is 1.58 bits per heavy atom. The summed E-state index contributed by atoms with van der Waals surface area (Å²) in [6.45, 7) is 3.70. The van der Waals surface area contributed by atoms with Crippen LogP contribution in [0, 0.1) is 0 Å². The molecule has 104 valence electrons. The average molecular weight is 301 g/mol. The summed E-state index contributed by atoms with van der Waals surface area (Å²) in [6, 6.07) is -1.12. The number of thioether (sulfide) groups is 1. The molecule has 6 nitrogen and oxygen atoms in total. The molecule has 0 spiro atoms. The Balaban J connectivity index is 2.07. The maximum atomic E-state index is 12.2. The minimum atomic E-state index is -0.966. The highest BCUT2D eigenvalue weighted by atomic mass is 32.2. The number of thiazole rings is 1. The smallest absolute Gasteiger partial charge is 0.327 e. The lowest BCUT2D eigenvalue weighted by molar-refractivity contribution is -0.140. The summed E-state index contributed by atoms with van der Waals surface area (Å²) in [5, 5.41) is 14.5. The van der Waals surface area contributed by atoms with Crippen LogP contribution < -0.4 is 5.32 Å². The predicted molar refractivity (Wildman–Crippen MR) is 74.3 cm³/mol. The highest BCUT2D eigenvalue weighted by Crippen LogP contribution is 2.25. The molecule has 2 heterocycles. The highest BCUT2D eigenvalue weighted by molar-refractivity contribution is 7.99. The Morgan fingerprint density at radius 2 is 2.32 bits per heavy atom. The number of carboxylic acids is 1. The van der Waals surface area contributed by atoms with Crippen LogP contribution in [-0.4, -0.2) is 44.7 Å². The lowest BCUT2D eigenvalue weighted by Gasteiger charge is -2.28. The number of nitrogens with zero attached hydrogens (tertiary/aromatic N) is 2. The predicted octanol–water partition coefficient (Wildman–Crippen LogP) is 1.55. The Labute approximate surface area is 119 Å². The zero-order valence-corrected chi connectivity index (χ0v) is 12.3. The number of urea groups is 1. The molecule has 2 amide bonds. The van der Waals surface area contributed by atoms with Gasteiger partial charge in [0.15, 0.2) is 0 Å². The number of aliphatic carboxylic acids is 1. The van der Waals surface area contributed by atoms with E-state index in [4.69, 9.17) is 5.11 Å². The Bertz CT molecular complexity index is 476. The van der Waals surface area contributed by atoms with Crippen LogP contribution in [0.2, 0.25) is 0 Å². The summed E-state index contributed by atoms with van der Waals surface area (Å²) in [5.41, 5.74) is -0.610. The lowest BCUT2D eigenvalue weighted by atomic mass is 10.1. The van der Waals surface area contributed by atoms with Crippen LogP contribution in [0.3, 0.4) is 0 Å². The third-order valence-corrected chi connectivity index (χ3v) is 4.92. The summed E-state index contributed by atoms with van der Waals surface area (Å²) in [4.78, 5) is 28.8. The molecule has 2 rings (SSSR count). The fraction of sp³-hybridized carbons (Fsp3) is 0.545. The molecular weight excluding hydrogens is 286 g/mol. The van der Waals surface area contributed by atoms with Gasteiger partial charge >= 0.3 is 12.0 Å². The molecule has 1 aliphatic heterocycles. The van der Waals surface area contributed by atoms with Crippen molar-refractivity contribution in [2.75, 3.05) is 11.6 Å². The maximum Gasteiger partial charge on any atom is 0.327 e. The van der Waals surface area contributed by atoms with E-state index in [1.165, 1.54) is 28.0 Å². The fourth-order valence-corrected chi connectivity index (χ4v) is 3.64. The van der Waals surface area contributed by atoms with E-state index >= 15 is 0 Å². The third-order valence-electron chi connectivity index (χ3n) is 2.81. The molecule has 1 atom stereocenters. The zero-order valence-electron chi connectivity index (χ0n) is 10.6. The van der Waals surface area contributed by atoms with Crippen LogP contribution in [0.5, 0.6) is 0 Å². The van der Waals surface area contributed by atoms with E-state index in [-0.39, 0.29) is 6.03 Å². The van der Waals surface area contributed by atoms with E-state index in [0.29, 0.717) is 11.6 Å². The molecule has 1 aliphatic rings. The van der Waals surface area contributed by atoms with Gasteiger partial charge in [-0.25, -0.2) is 14.6 Å². The summed E-state index contributed by atoms with van der Waals surface area (Å²) in [6.07, 6.45) is 1.68. The molecule has 0 aliphatic carbocycles. The third kappa shape index (κ3) is 3.01. The second-order valence-electron chi connectivity index (χ2n) is 4.72. The Hall–Kier alpha value is -1.28. The quantitative estimate of drug-likeness (QED) is 0.885. The molecule has 0 bridgehead atoms. The SMILES string of the molecule is CC(C)(NC(=O)N1CSCC1C(=O)O)c1nccs1. The topological polar surface area (TPSA) is 82.5 Å². The van der Waals surface area contributed by atoms with Gasteiger partial charge in [-0.15, -0.1) is 23.1 Å². The minimum absolute atomic E-state index is 0.363. The van der Waals surface area contributed by atoms with E-state index in [9.17, 15) is 9.59 Å². The van der Waals surface area contributed by atoms with Crippen molar-refractivity contribution in [2.24, 2.45) is 0 Å². The first-order valence-corrected chi connectivity index (χ1v) is 7.74. The summed E-state index contributed by atoms with van der Waals surface area (Å²) in [7, 11) is 0. The van der Waals surface area contributed by atoms with E-state index in [1.807, 2.05) is 19.2 Å². The van der Waals surface area contributed by atoms with Crippen LogP contribution >= 0.6 is 23.1 Å². The van der Waals surface area contributed by atoms with Crippen LogP contribution in [0.25, 0.3) is 0 Å². The van der Waals surface area contributed by atoms with E-state index in [2.05, 4.69) is 10.3 Å². The summed E-state index contributed by atoms with van der Waals surface area (Å²) >= 11 is 2.90. The molecule has 1 unspecified atom stereocenters. The second kappa shape index (κ2) is 5.38. The second-order valence-corrected chi connectivity index (χ2v) is 6.61. The van der Waals surface area contributed by atoms with Gasteiger partial charge in [0.1, 0.15) is 11.0 Å². The Morgan fingerprint density at radius 3 is 2.89 bits per heavy atom. The Kier molecular flexibility index (Phi) is 4.00. The number of nitrogens with one attached hydrogen (secondary N) is 1. The first kappa shape index (κ1) is 14.1. The lowest BCUT2D eigenvalue weighted by Crippen LogP contribution is -2.52. The molecule has 19 heavy (non-hydrogen) atoms. The van der Waals surface area contributed by atoms with Crippen molar-refractivity contribution in [3.63, 3.8) is 0 Å². The van der Waals surface area contributed by atoms with Gasteiger partial charge in [0.05, 0.1) is 11.4 Å². The molecule has 0 saturated carbocycles.